The van der Waals surface area contributed by atoms with Crippen LogP contribution < -0.4 is 5.32 Å². The standard InChI is InChI=1S/C19H28N6O2/c1-13(2)18-21-15-11-24(9-7-17(15)27-18)19(26)16-12-25(23-22-16)10-6-14-5-3-4-8-20-14/h12-14,20H,3-11H2,1-2H3. The van der Waals surface area contributed by atoms with E-state index in [1.807, 2.05) is 0 Å². The van der Waals surface area contributed by atoms with Crippen molar-refractivity contribution >= 4 is 5.91 Å². The average molecular weight is 372 g/mol. The summed E-state index contributed by atoms with van der Waals surface area (Å²) >= 11 is 0. The molecule has 4 heterocycles. The minimum atomic E-state index is -0.0863. The Labute approximate surface area is 159 Å². The molecule has 0 radical (unpaired) electrons. The van der Waals surface area contributed by atoms with E-state index < -0.39 is 0 Å². The van der Waals surface area contributed by atoms with E-state index >= 15 is 0 Å². The summed E-state index contributed by atoms with van der Waals surface area (Å²) < 4.78 is 7.59. The van der Waals surface area contributed by atoms with Gasteiger partial charge in [0, 0.05) is 31.5 Å². The Kier molecular flexibility index (Phi) is 5.24. The number of nitrogens with one attached hydrogen (secondary N) is 1. The van der Waals surface area contributed by atoms with Crippen LogP contribution >= 0.6 is 0 Å². The Morgan fingerprint density at radius 1 is 1.41 bits per heavy atom. The molecule has 1 N–H and O–H groups in total. The lowest BCUT2D eigenvalue weighted by Gasteiger charge is -2.24. The van der Waals surface area contributed by atoms with Crippen molar-refractivity contribution < 1.29 is 9.21 Å². The van der Waals surface area contributed by atoms with Crippen LogP contribution in [0.25, 0.3) is 0 Å². The van der Waals surface area contributed by atoms with Crippen LogP contribution in [0.3, 0.4) is 0 Å². The molecule has 1 atom stereocenters. The SMILES string of the molecule is CC(C)c1nc2c(o1)CCN(C(=O)c1cn(CCC3CCCCN3)nn1)C2. The molecule has 0 aromatic carbocycles. The van der Waals surface area contributed by atoms with Crippen molar-refractivity contribution in [2.45, 2.75) is 71.0 Å². The first-order valence-corrected chi connectivity index (χ1v) is 10.0. The van der Waals surface area contributed by atoms with Crippen LogP contribution in [0.5, 0.6) is 0 Å². The highest BCUT2D eigenvalue weighted by molar-refractivity contribution is 5.92. The zero-order valence-electron chi connectivity index (χ0n) is 16.1. The molecule has 27 heavy (non-hydrogen) atoms. The zero-order chi connectivity index (χ0) is 18.8. The van der Waals surface area contributed by atoms with Gasteiger partial charge in [-0.3, -0.25) is 9.48 Å². The quantitative estimate of drug-likeness (QED) is 0.865. The minimum Gasteiger partial charge on any atom is -0.445 e. The van der Waals surface area contributed by atoms with Gasteiger partial charge in [-0.25, -0.2) is 4.98 Å². The fourth-order valence-electron chi connectivity index (χ4n) is 3.76. The lowest BCUT2D eigenvalue weighted by molar-refractivity contribution is 0.0721. The second-order valence-corrected chi connectivity index (χ2v) is 7.86. The molecule has 146 valence electrons. The maximum absolute atomic E-state index is 12.8. The third-order valence-electron chi connectivity index (χ3n) is 5.40. The van der Waals surface area contributed by atoms with Gasteiger partial charge in [-0.15, -0.1) is 5.10 Å². The fourth-order valence-corrected chi connectivity index (χ4v) is 3.76. The van der Waals surface area contributed by atoms with Crippen molar-refractivity contribution in [2.75, 3.05) is 13.1 Å². The number of piperidine rings is 1. The van der Waals surface area contributed by atoms with Crippen molar-refractivity contribution in [3.05, 3.63) is 29.2 Å². The predicted molar refractivity (Wildman–Crippen MR) is 99.3 cm³/mol. The Morgan fingerprint density at radius 3 is 3.07 bits per heavy atom. The second-order valence-electron chi connectivity index (χ2n) is 7.86. The molecular weight excluding hydrogens is 344 g/mol. The number of hydrogen-bond donors (Lipinski definition) is 1. The third-order valence-corrected chi connectivity index (χ3v) is 5.40. The number of aryl methyl sites for hydroxylation is 1. The summed E-state index contributed by atoms with van der Waals surface area (Å²) in [5, 5.41) is 11.8. The molecule has 2 aromatic heterocycles. The molecule has 1 amide bonds. The molecule has 2 aromatic rings. The molecule has 0 aliphatic carbocycles. The van der Waals surface area contributed by atoms with Crippen molar-refractivity contribution in [3.8, 4) is 0 Å². The highest BCUT2D eigenvalue weighted by Crippen LogP contribution is 2.24. The number of nitrogens with zero attached hydrogens (tertiary/aromatic N) is 5. The number of fused-ring (bicyclic) bond motifs is 1. The van der Waals surface area contributed by atoms with Gasteiger partial charge in [0.2, 0.25) is 0 Å². The Bertz CT molecular complexity index is 790. The summed E-state index contributed by atoms with van der Waals surface area (Å²) in [5.74, 6) is 1.82. The van der Waals surface area contributed by atoms with E-state index in [2.05, 4.69) is 34.5 Å². The number of amides is 1. The molecule has 2 aliphatic heterocycles. The number of rotatable bonds is 5. The van der Waals surface area contributed by atoms with Gasteiger partial charge in [-0.05, 0) is 25.8 Å². The number of aromatic nitrogens is 4. The van der Waals surface area contributed by atoms with Crippen LogP contribution in [0, 0.1) is 0 Å². The monoisotopic (exact) mass is 372 g/mol. The summed E-state index contributed by atoms with van der Waals surface area (Å²) in [6.45, 7) is 7.09. The topological polar surface area (TPSA) is 89.1 Å². The van der Waals surface area contributed by atoms with Gasteiger partial charge in [-0.2, -0.15) is 0 Å². The predicted octanol–water partition coefficient (Wildman–Crippen LogP) is 2.12. The van der Waals surface area contributed by atoms with Crippen molar-refractivity contribution in [1.82, 2.24) is 30.2 Å². The smallest absolute Gasteiger partial charge is 0.276 e. The lowest BCUT2D eigenvalue weighted by Crippen LogP contribution is -2.36. The zero-order valence-corrected chi connectivity index (χ0v) is 16.1. The number of carbonyl (C=O) groups is 1. The van der Waals surface area contributed by atoms with Crippen LogP contribution in [-0.4, -0.2) is 49.9 Å². The highest BCUT2D eigenvalue weighted by atomic mass is 16.4. The Hall–Kier alpha value is -2.22. The van der Waals surface area contributed by atoms with Gasteiger partial charge >= 0.3 is 0 Å². The van der Waals surface area contributed by atoms with Crippen LogP contribution in [0.2, 0.25) is 0 Å². The van der Waals surface area contributed by atoms with E-state index in [-0.39, 0.29) is 11.8 Å². The molecule has 1 saturated heterocycles. The van der Waals surface area contributed by atoms with E-state index in [1.54, 1.807) is 15.8 Å². The van der Waals surface area contributed by atoms with Crippen LogP contribution in [0.15, 0.2) is 10.6 Å². The lowest BCUT2D eigenvalue weighted by atomic mass is 10.0. The number of hydrogen-bond acceptors (Lipinski definition) is 6. The molecule has 0 bridgehead atoms. The summed E-state index contributed by atoms with van der Waals surface area (Å²) in [7, 11) is 0. The maximum atomic E-state index is 12.8. The summed E-state index contributed by atoms with van der Waals surface area (Å²) in [6.07, 6.45) is 7.25. The minimum absolute atomic E-state index is 0.0863. The first-order valence-electron chi connectivity index (χ1n) is 10.0. The maximum Gasteiger partial charge on any atom is 0.276 e. The average Bonchev–Trinajstić information content (AvgIpc) is 3.33. The largest absolute Gasteiger partial charge is 0.445 e. The van der Waals surface area contributed by atoms with Crippen LogP contribution in [0.1, 0.15) is 73.3 Å². The van der Waals surface area contributed by atoms with E-state index in [0.29, 0.717) is 31.2 Å². The first kappa shape index (κ1) is 18.2. The molecule has 8 heteroatoms. The van der Waals surface area contributed by atoms with Gasteiger partial charge in [-0.1, -0.05) is 25.5 Å². The van der Waals surface area contributed by atoms with Gasteiger partial charge in [0.05, 0.1) is 12.7 Å². The Balaban J connectivity index is 1.36. The molecular formula is C19H28N6O2. The second kappa shape index (κ2) is 7.80. The fraction of sp³-hybridized carbons (Fsp3) is 0.684. The van der Waals surface area contributed by atoms with Crippen molar-refractivity contribution in [1.29, 1.82) is 0 Å². The van der Waals surface area contributed by atoms with Crippen molar-refractivity contribution in [3.63, 3.8) is 0 Å². The highest BCUT2D eigenvalue weighted by Gasteiger charge is 2.28. The summed E-state index contributed by atoms with van der Waals surface area (Å²) in [4.78, 5) is 19.1. The van der Waals surface area contributed by atoms with Crippen molar-refractivity contribution in [2.24, 2.45) is 0 Å². The third kappa shape index (κ3) is 4.05. The normalized spacial score (nSPS) is 20.1. The van der Waals surface area contributed by atoms with Crippen LogP contribution in [0.4, 0.5) is 0 Å². The molecule has 4 rings (SSSR count). The van der Waals surface area contributed by atoms with E-state index in [4.69, 9.17) is 4.42 Å². The Morgan fingerprint density at radius 2 is 2.30 bits per heavy atom. The van der Waals surface area contributed by atoms with Gasteiger partial charge in [0.15, 0.2) is 11.6 Å². The van der Waals surface area contributed by atoms with E-state index in [0.717, 1.165) is 36.9 Å². The van der Waals surface area contributed by atoms with Gasteiger partial charge in [0.1, 0.15) is 11.5 Å². The first-order chi connectivity index (χ1) is 13.1. The molecule has 8 nitrogen and oxygen atoms in total. The molecule has 1 unspecified atom stereocenters. The number of oxazole rings is 1. The van der Waals surface area contributed by atoms with E-state index in [9.17, 15) is 4.79 Å². The van der Waals surface area contributed by atoms with E-state index in [1.165, 1.54) is 19.3 Å². The van der Waals surface area contributed by atoms with Gasteiger partial charge in [0.25, 0.3) is 5.91 Å². The number of carbonyl (C=O) groups excluding carboxylic acids is 1. The molecule has 0 saturated carbocycles. The van der Waals surface area contributed by atoms with Crippen LogP contribution in [-0.2, 0) is 19.5 Å². The molecule has 1 fully saturated rings. The van der Waals surface area contributed by atoms with Gasteiger partial charge < -0.3 is 14.6 Å². The molecule has 0 spiro atoms. The molecule has 2 aliphatic rings. The summed E-state index contributed by atoms with van der Waals surface area (Å²) in [6, 6.07) is 0.546. The summed E-state index contributed by atoms with van der Waals surface area (Å²) in [5.41, 5.74) is 1.27.